The highest BCUT2D eigenvalue weighted by Crippen LogP contribution is 2.22. The fraction of sp³-hybridized carbons (Fsp3) is 0.250. The SMILES string of the molecule is Cn1nccc1C(=O)N[C@@H](CC(=O)O)c1cccs1. The van der Waals surface area contributed by atoms with Gasteiger partial charge in [0.2, 0.25) is 0 Å². The predicted octanol–water partition coefficient (Wildman–Crippen LogP) is 1.43. The van der Waals surface area contributed by atoms with Crippen LogP contribution in [0.5, 0.6) is 0 Å². The zero-order valence-electron chi connectivity index (χ0n) is 10.2. The van der Waals surface area contributed by atoms with Crippen molar-refractivity contribution < 1.29 is 14.7 Å². The van der Waals surface area contributed by atoms with Gasteiger partial charge in [0, 0.05) is 18.1 Å². The van der Waals surface area contributed by atoms with Crippen LogP contribution in [0, 0.1) is 0 Å². The highest BCUT2D eigenvalue weighted by molar-refractivity contribution is 7.10. The topological polar surface area (TPSA) is 84.2 Å². The van der Waals surface area contributed by atoms with Gasteiger partial charge in [0.05, 0.1) is 12.5 Å². The summed E-state index contributed by atoms with van der Waals surface area (Å²) in [5.41, 5.74) is 0.395. The number of aromatic nitrogens is 2. The predicted molar refractivity (Wildman–Crippen MR) is 70.0 cm³/mol. The lowest BCUT2D eigenvalue weighted by atomic mass is 10.1. The lowest BCUT2D eigenvalue weighted by Crippen LogP contribution is -2.31. The standard InChI is InChI=1S/C12H13N3O3S/c1-15-9(4-5-13-15)12(18)14-8(7-11(16)17)10-3-2-6-19-10/h2-6,8H,7H2,1H3,(H,14,18)(H,16,17)/t8-/m0/s1. The number of carboxylic acid groups (broad SMARTS) is 1. The number of carbonyl (C=O) groups excluding carboxylic acids is 1. The third-order valence-corrected chi connectivity index (χ3v) is 3.61. The fourth-order valence-electron chi connectivity index (χ4n) is 1.72. The van der Waals surface area contributed by atoms with Crippen LogP contribution in [0.25, 0.3) is 0 Å². The van der Waals surface area contributed by atoms with Crippen LogP contribution in [0.1, 0.15) is 27.8 Å². The molecule has 0 bridgehead atoms. The van der Waals surface area contributed by atoms with Gasteiger partial charge >= 0.3 is 5.97 Å². The number of carboxylic acids is 1. The molecule has 0 saturated carbocycles. The molecule has 2 rings (SSSR count). The van der Waals surface area contributed by atoms with Crippen molar-refractivity contribution in [1.82, 2.24) is 15.1 Å². The van der Waals surface area contributed by atoms with Gasteiger partial charge in [-0.05, 0) is 17.5 Å². The zero-order chi connectivity index (χ0) is 13.8. The van der Waals surface area contributed by atoms with Gasteiger partial charge in [-0.25, -0.2) is 0 Å². The molecule has 1 atom stereocenters. The van der Waals surface area contributed by atoms with Gasteiger partial charge in [-0.1, -0.05) is 6.07 Å². The molecule has 100 valence electrons. The number of thiophene rings is 1. The van der Waals surface area contributed by atoms with Crippen molar-refractivity contribution in [3.63, 3.8) is 0 Å². The largest absolute Gasteiger partial charge is 0.481 e. The first kappa shape index (κ1) is 13.3. The van der Waals surface area contributed by atoms with Gasteiger partial charge < -0.3 is 10.4 Å². The maximum absolute atomic E-state index is 12.1. The van der Waals surface area contributed by atoms with Crippen LogP contribution in [0.3, 0.4) is 0 Å². The molecule has 1 amide bonds. The number of amides is 1. The van der Waals surface area contributed by atoms with Gasteiger partial charge in [-0.2, -0.15) is 5.10 Å². The molecule has 0 fully saturated rings. The van der Waals surface area contributed by atoms with Crippen molar-refractivity contribution >= 4 is 23.2 Å². The molecule has 7 heteroatoms. The quantitative estimate of drug-likeness (QED) is 0.867. The van der Waals surface area contributed by atoms with E-state index in [1.807, 2.05) is 17.5 Å². The van der Waals surface area contributed by atoms with Crippen LogP contribution >= 0.6 is 11.3 Å². The Kier molecular flexibility index (Phi) is 3.96. The minimum Gasteiger partial charge on any atom is -0.481 e. The summed E-state index contributed by atoms with van der Waals surface area (Å²) in [5.74, 6) is -1.29. The van der Waals surface area contributed by atoms with Crippen molar-refractivity contribution in [2.75, 3.05) is 0 Å². The number of aryl methyl sites for hydroxylation is 1. The molecule has 0 radical (unpaired) electrons. The van der Waals surface area contributed by atoms with Crippen molar-refractivity contribution in [1.29, 1.82) is 0 Å². The van der Waals surface area contributed by atoms with Crippen LogP contribution in [0.4, 0.5) is 0 Å². The zero-order valence-corrected chi connectivity index (χ0v) is 11.1. The Morgan fingerprint density at radius 1 is 1.53 bits per heavy atom. The van der Waals surface area contributed by atoms with Crippen LogP contribution in [-0.4, -0.2) is 26.8 Å². The van der Waals surface area contributed by atoms with Crippen LogP contribution < -0.4 is 5.32 Å². The molecule has 19 heavy (non-hydrogen) atoms. The Morgan fingerprint density at radius 3 is 2.84 bits per heavy atom. The van der Waals surface area contributed by atoms with Crippen molar-refractivity contribution in [3.05, 3.63) is 40.3 Å². The van der Waals surface area contributed by atoms with Crippen LogP contribution in [0.2, 0.25) is 0 Å². The normalized spacial score (nSPS) is 12.1. The minimum absolute atomic E-state index is 0.149. The fourth-order valence-corrected chi connectivity index (χ4v) is 2.49. The van der Waals surface area contributed by atoms with E-state index in [1.54, 1.807) is 13.1 Å². The first-order valence-electron chi connectivity index (χ1n) is 5.62. The second-order valence-electron chi connectivity index (χ2n) is 3.98. The van der Waals surface area contributed by atoms with Crippen molar-refractivity contribution in [3.8, 4) is 0 Å². The number of aliphatic carboxylic acids is 1. The lowest BCUT2D eigenvalue weighted by Gasteiger charge is -2.15. The van der Waals surface area contributed by atoms with Crippen LogP contribution in [-0.2, 0) is 11.8 Å². The summed E-state index contributed by atoms with van der Waals surface area (Å²) in [7, 11) is 1.66. The third kappa shape index (κ3) is 3.19. The van der Waals surface area contributed by atoms with E-state index in [2.05, 4.69) is 10.4 Å². The minimum atomic E-state index is -0.955. The smallest absolute Gasteiger partial charge is 0.305 e. The maximum Gasteiger partial charge on any atom is 0.305 e. The van der Waals surface area contributed by atoms with Crippen LogP contribution in [0.15, 0.2) is 29.8 Å². The van der Waals surface area contributed by atoms with Crippen molar-refractivity contribution in [2.24, 2.45) is 7.05 Å². The Balaban J connectivity index is 2.15. The molecule has 0 aliphatic heterocycles. The Morgan fingerprint density at radius 2 is 2.32 bits per heavy atom. The molecule has 0 aromatic carbocycles. The summed E-state index contributed by atoms with van der Waals surface area (Å²) in [4.78, 5) is 23.7. The molecular formula is C12H13N3O3S. The maximum atomic E-state index is 12.1. The van der Waals surface area contributed by atoms with Gasteiger partial charge in [0.15, 0.2) is 0 Å². The van der Waals surface area contributed by atoms with Gasteiger partial charge in [-0.3, -0.25) is 14.3 Å². The number of nitrogens with one attached hydrogen (secondary N) is 1. The molecule has 2 heterocycles. The summed E-state index contributed by atoms with van der Waals surface area (Å²) in [6.45, 7) is 0. The Hall–Kier alpha value is -2.15. The molecule has 2 N–H and O–H groups in total. The molecule has 0 aliphatic carbocycles. The highest BCUT2D eigenvalue weighted by atomic mass is 32.1. The van der Waals surface area contributed by atoms with Gasteiger partial charge in [0.1, 0.15) is 5.69 Å². The van der Waals surface area contributed by atoms with E-state index in [9.17, 15) is 9.59 Å². The first-order chi connectivity index (χ1) is 9.08. The molecular weight excluding hydrogens is 266 g/mol. The molecule has 0 spiro atoms. The average Bonchev–Trinajstić information content (AvgIpc) is 2.97. The second kappa shape index (κ2) is 5.66. The first-order valence-corrected chi connectivity index (χ1v) is 6.50. The molecule has 0 saturated heterocycles. The average molecular weight is 279 g/mol. The van der Waals surface area contributed by atoms with E-state index in [-0.39, 0.29) is 12.3 Å². The number of hydrogen-bond acceptors (Lipinski definition) is 4. The molecule has 0 unspecified atom stereocenters. The van der Waals surface area contributed by atoms with E-state index in [0.717, 1.165) is 4.88 Å². The van der Waals surface area contributed by atoms with E-state index in [4.69, 9.17) is 5.11 Å². The van der Waals surface area contributed by atoms with E-state index in [0.29, 0.717) is 5.69 Å². The molecule has 2 aromatic rings. The summed E-state index contributed by atoms with van der Waals surface area (Å²) < 4.78 is 1.45. The molecule has 6 nitrogen and oxygen atoms in total. The third-order valence-electron chi connectivity index (χ3n) is 2.62. The number of carbonyl (C=O) groups is 2. The monoisotopic (exact) mass is 279 g/mol. The number of hydrogen-bond donors (Lipinski definition) is 2. The van der Waals surface area contributed by atoms with Gasteiger partial charge in [0.25, 0.3) is 5.91 Å². The number of rotatable bonds is 5. The second-order valence-corrected chi connectivity index (χ2v) is 4.96. The Bertz CT molecular complexity index is 577. The summed E-state index contributed by atoms with van der Waals surface area (Å²) in [6.07, 6.45) is 1.37. The number of nitrogens with zero attached hydrogens (tertiary/aromatic N) is 2. The Labute approximate surface area is 113 Å². The lowest BCUT2D eigenvalue weighted by molar-refractivity contribution is -0.137. The summed E-state index contributed by atoms with van der Waals surface area (Å²) >= 11 is 1.42. The summed E-state index contributed by atoms with van der Waals surface area (Å²) in [6, 6.07) is 4.69. The van der Waals surface area contributed by atoms with E-state index in [1.165, 1.54) is 22.2 Å². The summed E-state index contributed by atoms with van der Waals surface area (Å²) in [5, 5.41) is 17.4. The highest BCUT2D eigenvalue weighted by Gasteiger charge is 2.20. The molecule has 2 aromatic heterocycles. The van der Waals surface area contributed by atoms with E-state index >= 15 is 0 Å². The molecule has 0 aliphatic rings. The van der Waals surface area contributed by atoms with E-state index < -0.39 is 12.0 Å². The van der Waals surface area contributed by atoms with Crippen molar-refractivity contribution in [2.45, 2.75) is 12.5 Å². The van der Waals surface area contributed by atoms with Gasteiger partial charge in [-0.15, -0.1) is 11.3 Å².